The van der Waals surface area contributed by atoms with Crippen LogP contribution in [0.3, 0.4) is 0 Å². The van der Waals surface area contributed by atoms with Crippen LogP contribution in [0, 0.1) is 0 Å². The van der Waals surface area contributed by atoms with E-state index in [1.807, 2.05) is 6.92 Å². The van der Waals surface area contributed by atoms with E-state index in [4.69, 9.17) is 0 Å². The second-order valence-corrected chi connectivity index (χ2v) is 4.44. The molecule has 1 fully saturated rings. The van der Waals surface area contributed by atoms with Crippen molar-refractivity contribution in [3.05, 3.63) is 21.7 Å². The van der Waals surface area contributed by atoms with Gasteiger partial charge in [0, 0.05) is 5.92 Å². The molecule has 1 heterocycles. The van der Waals surface area contributed by atoms with Gasteiger partial charge in [-0.25, -0.2) is 0 Å². The van der Waals surface area contributed by atoms with Gasteiger partial charge in [-0.1, -0.05) is 26.2 Å². The minimum absolute atomic E-state index is 0.0909. The van der Waals surface area contributed by atoms with Crippen LogP contribution in [0.5, 0.6) is 5.88 Å². The molecule has 88 valence electrons. The first-order valence-corrected chi connectivity index (χ1v) is 6.04. The highest BCUT2D eigenvalue weighted by atomic mass is 16.3. The van der Waals surface area contributed by atoms with Crippen molar-refractivity contribution in [1.82, 2.24) is 9.97 Å². The maximum atomic E-state index is 11.7. The van der Waals surface area contributed by atoms with Gasteiger partial charge in [0.15, 0.2) is 0 Å². The molecule has 1 aromatic rings. The Balaban J connectivity index is 2.31. The second-order valence-electron chi connectivity index (χ2n) is 4.44. The minimum Gasteiger partial charge on any atom is -0.493 e. The van der Waals surface area contributed by atoms with Gasteiger partial charge in [-0.3, -0.25) is 4.79 Å². The van der Waals surface area contributed by atoms with Crippen molar-refractivity contribution in [2.24, 2.45) is 0 Å². The zero-order valence-corrected chi connectivity index (χ0v) is 9.62. The van der Waals surface area contributed by atoms with E-state index in [1.165, 1.54) is 19.3 Å². The molecule has 16 heavy (non-hydrogen) atoms. The van der Waals surface area contributed by atoms with Gasteiger partial charge in [0.1, 0.15) is 5.82 Å². The number of rotatable bonds is 2. The quantitative estimate of drug-likeness (QED) is 0.805. The molecule has 0 radical (unpaired) electrons. The number of H-pyrrole nitrogens is 1. The molecule has 0 atom stereocenters. The summed E-state index contributed by atoms with van der Waals surface area (Å²) in [6, 6.07) is 0. The molecule has 0 amide bonds. The van der Waals surface area contributed by atoms with Crippen LogP contribution in [0.25, 0.3) is 0 Å². The topological polar surface area (TPSA) is 66.0 Å². The first-order valence-electron chi connectivity index (χ1n) is 6.04. The van der Waals surface area contributed by atoms with Crippen LogP contribution in [-0.4, -0.2) is 15.1 Å². The molecule has 0 bridgehead atoms. The molecule has 1 aromatic heterocycles. The van der Waals surface area contributed by atoms with Crippen LogP contribution >= 0.6 is 0 Å². The third-order valence-electron chi connectivity index (χ3n) is 3.36. The molecule has 1 saturated carbocycles. The lowest BCUT2D eigenvalue weighted by Crippen LogP contribution is -2.19. The van der Waals surface area contributed by atoms with E-state index < -0.39 is 0 Å². The summed E-state index contributed by atoms with van der Waals surface area (Å²) >= 11 is 0. The van der Waals surface area contributed by atoms with E-state index in [0.717, 1.165) is 12.8 Å². The summed E-state index contributed by atoms with van der Waals surface area (Å²) in [6.45, 7) is 1.84. The number of aromatic amines is 1. The number of aromatic hydroxyl groups is 1. The van der Waals surface area contributed by atoms with Gasteiger partial charge in [0.25, 0.3) is 5.56 Å². The van der Waals surface area contributed by atoms with Gasteiger partial charge in [0.2, 0.25) is 5.88 Å². The smallest absolute Gasteiger partial charge is 0.257 e. The highest BCUT2D eigenvalue weighted by molar-refractivity contribution is 5.23. The summed E-state index contributed by atoms with van der Waals surface area (Å²) in [4.78, 5) is 18.6. The first-order chi connectivity index (χ1) is 7.72. The van der Waals surface area contributed by atoms with Gasteiger partial charge in [-0.2, -0.15) is 4.98 Å². The zero-order chi connectivity index (χ0) is 11.5. The van der Waals surface area contributed by atoms with E-state index in [2.05, 4.69) is 9.97 Å². The second kappa shape index (κ2) is 4.68. The molecular weight excluding hydrogens is 204 g/mol. The van der Waals surface area contributed by atoms with Gasteiger partial charge >= 0.3 is 0 Å². The van der Waals surface area contributed by atoms with Crippen molar-refractivity contribution in [1.29, 1.82) is 0 Å². The minimum atomic E-state index is -0.185. The predicted molar refractivity (Wildman–Crippen MR) is 61.7 cm³/mol. The van der Waals surface area contributed by atoms with Gasteiger partial charge in [0.05, 0.1) is 5.56 Å². The van der Waals surface area contributed by atoms with Crippen LogP contribution < -0.4 is 5.56 Å². The van der Waals surface area contributed by atoms with Crippen LogP contribution in [0.2, 0.25) is 0 Å². The van der Waals surface area contributed by atoms with Crippen LogP contribution in [-0.2, 0) is 6.42 Å². The fourth-order valence-electron chi connectivity index (χ4n) is 2.39. The van der Waals surface area contributed by atoms with E-state index in [9.17, 15) is 9.90 Å². The molecule has 1 aliphatic rings. The van der Waals surface area contributed by atoms with Gasteiger partial charge in [-0.15, -0.1) is 0 Å². The third-order valence-corrected chi connectivity index (χ3v) is 3.36. The molecule has 0 spiro atoms. The van der Waals surface area contributed by atoms with Crippen molar-refractivity contribution in [2.75, 3.05) is 0 Å². The normalized spacial score (nSPS) is 17.6. The number of nitrogens with zero attached hydrogens (tertiary/aromatic N) is 1. The fraction of sp³-hybridized carbons (Fsp3) is 0.667. The van der Waals surface area contributed by atoms with Crippen LogP contribution in [0.1, 0.15) is 56.3 Å². The summed E-state index contributed by atoms with van der Waals surface area (Å²) in [7, 11) is 0. The van der Waals surface area contributed by atoms with Crippen LogP contribution in [0.4, 0.5) is 0 Å². The Morgan fingerprint density at radius 1 is 1.38 bits per heavy atom. The lowest BCUT2D eigenvalue weighted by atomic mass is 9.88. The summed E-state index contributed by atoms with van der Waals surface area (Å²) < 4.78 is 0. The number of aromatic nitrogens is 2. The Bertz CT molecular complexity index is 420. The Morgan fingerprint density at radius 3 is 2.62 bits per heavy atom. The van der Waals surface area contributed by atoms with Crippen LogP contribution in [0.15, 0.2) is 4.79 Å². The predicted octanol–water partition coefficient (Wildman–Crippen LogP) is 2.09. The van der Waals surface area contributed by atoms with E-state index in [-0.39, 0.29) is 11.4 Å². The van der Waals surface area contributed by atoms with Gasteiger partial charge < -0.3 is 10.1 Å². The number of hydrogen-bond acceptors (Lipinski definition) is 3. The Morgan fingerprint density at radius 2 is 2.06 bits per heavy atom. The molecule has 2 rings (SSSR count). The summed E-state index contributed by atoms with van der Waals surface area (Å²) in [5.74, 6) is 0.893. The van der Waals surface area contributed by atoms with Crippen molar-refractivity contribution in [3.8, 4) is 5.88 Å². The van der Waals surface area contributed by atoms with Crippen molar-refractivity contribution < 1.29 is 5.11 Å². The lowest BCUT2D eigenvalue weighted by Gasteiger charge is -2.20. The molecule has 0 saturated heterocycles. The Labute approximate surface area is 94.7 Å². The molecule has 4 heteroatoms. The third kappa shape index (κ3) is 2.10. The number of nitrogens with one attached hydrogen (secondary N) is 1. The average Bonchev–Trinajstić information content (AvgIpc) is 2.30. The van der Waals surface area contributed by atoms with E-state index in [1.54, 1.807) is 0 Å². The first kappa shape index (κ1) is 11.2. The SMILES string of the molecule is CCc1c(O)nc(C2CCCCC2)[nH]c1=O. The maximum Gasteiger partial charge on any atom is 0.257 e. The monoisotopic (exact) mass is 222 g/mol. The Kier molecular flexibility index (Phi) is 3.27. The molecule has 1 aliphatic carbocycles. The largest absolute Gasteiger partial charge is 0.493 e. The molecular formula is C12H18N2O2. The highest BCUT2D eigenvalue weighted by Gasteiger charge is 2.19. The lowest BCUT2D eigenvalue weighted by molar-refractivity contribution is 0.405. The Hall–Kier alpha value is -1.32. The zero-order valence-electron chi connectivity index (χ0n) is 9.62. The summed E-state index contributed by atoms with van der Waals surface area (Å²) in [6.07, 6.45) is 6.27. The fourth-order valence-corrected chi connectivity index (χ4v) is 2.39. The van der Waals surface area contributed by atoms with Gasteiger partial charge in [-0.05, 0) is 19.3 Å². The number of hydrogen-bond donors (Lipinski definition) is 2. The molecule has 0 aliphatic heterocycles. The van der Waals surface area contributed by atoms with E-state index in [0.29, 0.717) is 23.7 Å². The molecule has 2 N–H and O–H groups in total. The highest BCUT2D eigenvalue weighted by Crippen LogP contribution is 2.30. The standard InChI is InChI=1S/C12H18N2O2/c1-2-9-11(15)13-10(14-12(9)16)8-6-4-3-5-7-8/h8H,2-7H2,1H3,(H2,13,14,15,16). The van der Waals surface area contributed by atoms with Crippen molar-refractivity contribution >= 4 is 0 Å². The summed E-state index contributed by atoms with van der Waals surface area (Å²) in [5.41, 5.74) is 0.204. The maximum absolute atomic E-state index is 11.7. The summed E-state index contributed by atoms with van der Waals surface area (Å²) in [5, 5.41) is 9.67. The molecule has 4 nitrogen and oxygen atoms in total. The van der Waals surface area contributed by atoms with E-state index >= 15 is 0 Å². The van der Waals surface area contributed by atoms with Crippen molar-refractivity contribution in [2.45, 2.75) is 51.4 Å². The molecule has 0 unspecified atom stereocenters. The average molecular weight is 222 g/mol. The van der Waals surface area contributed by atoms with Crippen molar-refractivity contribution in [3.63, 3.8) is 0 Å². The molecule has 0 aromatic carbocycles.